The van der Waals surface area contributed by atoms with E-state index in [1.54, 1.807) is 6.20 Å². The summed E-state index contributed by atoms with van der Waals surface area (Å²) in [4.78, 5) is 14.0. The molecule has 0 bridgehead atoms. The molecule has 0 radical (unpaired) electrons. The van der Waals surface area contributed by atoms with Gasteiger partial charge in [0.25, 0.3) is 5.91 Å². The molecule has 0 saturated carbocycles. The van der Waals surface area contributed by atoms with Crippen molar-refractivity contribution in [3.05, 3.63) is 11.9 Å². The zero-order valence-electron chi connectivity index (χ0n) is 10.5. The van der Waals surface area contributed by atoms with E-state index in [0.29, 0.717) is 11.7 Å². The van der Waals surface area contributed by atoms with Gasteiger partial charge in [-0.05, 0) is 32.2 Å². The summed E-state index contributed by atoms with van der Waals surface area (Å²) in [6.07, 6.45) is 6.27. The Balaban J connectivity index is 1.70. The summed E-state index contributed by atoms with van der Waals surface area (Å²) in [6.45, 7) is 3.71. The first kappa shape index (κ1) is 11.6. The van der Waals surface area contributed by atoms with Gasteiger partial charge in [0.2, 0.25) is 0 Å². The van der Waals surface area contributed by atoms with E-state index in [1.165, 1.54) is 0 Å². The maximum absolute atomic E-state index is 12.1. The molecule has 0 aromatic carbocycles. The van der Waals surface area contributed by atoms with Crippen molar-refractivity contribution >= 4 is 5.91 Å². The van der Waals surface area contributed by atoms with Crippen LogP contribution in [0, 0.1) is 0 Å². The van der Waals surface area contributed by atoms with E-state index in [-0.39, 0.29) is 5.91 Å². The average Bonchev–Trinajstić information content (AvgIpc) is 3.10. The maximum Gasteiger partial charge on any atom is 0.276 e. The minimum Gasteiger partial charge on any atom is -0.337 e. The number of carbonyl (C=O) groups is 1. The summed E-state index contributed by atoms with van der Waals surface area (Å²) in [7, 11) is 0. The fourth-order valence-electron chi connectivity index (χ4n) is 2.69. The third-order valence-electron chi connectivity index (χ3n) is 3.77. The van der Waals surface area contributed by atoms with Crippen LogP contribution in [0.25, 0.3) is 0 Å². The Labute approximate surface area is 106 Å². The van der Waals surface area contributed by atoms with Crippen molar-refractivity contribution in [2.75, 3.05) is 26.2 Å². The number of hydrogen-bond donors (Lipinski definition) is 1. The summed E-state index contributed by atoms with van der Waals surface area (Å²) in [5.41, 5.74) is 0.488. The molecule has 0 unspecified atom stereocenters. The zero-order valence-corrected chi connectivity index (χ0v) is 10.5. The van der Waals surface area contributed by atoms with Gasteiger partial charge in [-0.1, -0.05) is 5.21 Å². The summed E-state index contributed by atoms with van der Waals surface area (Å²) in [5.74, 6) is 0.0301. The average molecular weight is 249 g/mol. The van der Waals surface area contributed by atoms with E-state index in [4.69, 9.17) is 0 Å². The number of nitrogens with one attached hydrogen (secondary N) is 1. The maximum atomic E-state index is 12.1. The van der Waals surface area contributed by atoms with Crippen molar-refractivity contribution < 1.29 is 4.79 Å². The molecule has 18 heavy (non-hydrogen) atoms. The molecule has 1 amide bonds. The fourth-order valence-corrected chi connectivity index (χ4v) is 2.69. The number of likely N-dealkylation sites (tertiary alicyclic amines) is 1. The van der Waals surface area contributed by atoms with Gasteiger partial charge in [-0.15, -0.1) is 5.10 Å². The van der Waals surface area contributed by atoms with Crippen LogP contribution in [-0.4, -0.2) is 52.0 Å². The van der Waals surface area contributed by atoms with Gasteiger partial charge in [-0.2, -0.15) is 0 Å². The van der Waals surface area contributed by atoms with E-state index < -0.39 is 0 Å². The molecule has 1 aromatic rings. The third-order valence-corrected chi connectivity index (χ3v) is 3.77. The molecule has 1 atom stereocenters. The molecule has 98 valence electrons. The predicted molar refractivity (Wildman–Crippen MR) is 66.3 cm³/mol. The lowest BCUT2D eigenvalue weighted by Gasteiger charge is -2.22. The van der Waals surface area contributed by atoms with Gasteiger partial charge >= 0.3 is 0 Å². The van der Waals surface area contributed by atoms with Crippen LogP contribution >= 0.6 is 0 Å². The lowest BCUT2D eigenvalue weighted by molar-refractivity contribution is 0.0787. The van der Waals surface area contributed by atoms with Gasteiger partial charge in [0, 0.05) is 19.6 Å². The number of nitrogens with zero attached hydrogens (tertiary/aromatic N) is 4. The minimum atomic E-state index is 0.0301. The van der Waals surface area contributed by atoms with Gasteiger partial charge < -0.3 is 10.2 Å². The summed E-state index contributed by atoms with van der Waals surface area (Å²) in [5, 5.41) is 11.5. The Hall–Kier alpha value is -1.43. The Morgan fingerprint density at radius 3 is 2.89 bits per heavy atom. The molecular weight excluding hydrogens is 230 g/mol. The van der Waals surface area contributed by atoms with Crippen molar-refractivity contribution in [2.24, 2.45) is 0 Å². The van der Waals surface area contributed by atoms with Gasteiger partial charge in [0.05, 0.1) is 12.2 Å². The molecule has 3 rings (SSSR count). The molecule has 2 aliphatic rings. The molecule has 1 N–H and O–H groups in total. The van der Waals surface area contributed by atoms with Crippen LogP contribution in [0.4, 0.5) is 0 Å². The molecule has 2 fully saturated rings. The van der Waals surface area contributed by atoms with Crippen LogP contribution in [-0.2, 0) is 0 Å². The highest BCUT2D eigenvalue weighted by Crippen LogP contribution is 2.16. The van der Waals surface area contributed by atoms with E-state index in [1.807, 2.05) is 9.58 Å². The standard InChI is InChI=1S/C12H19N5O/c18-12(16-6-1-2-7-16)11-9-17(15-14-11)10-4-3-5-13-8-10/h9-10,13H,1-8H2/t10-/m1/s1. The Bertz CT molecular complexity index is 418. The molecule has 1 aromatic heterocycles. The second-order valence-electron chi connectivity index (χ2n) is 5.08. The Morgan fingerprint density at radius 2 is 2.17 bits per heavy atom. The molecule has 2 aliphatic heterocycles. The highest BCUT2D eigenvalue weighted by atomic mass is 16.2. The van der Waals surface area contributed by atoms with Gasteiger partial charge in [-0.3, -0.25) is 4.79 Å². The van der Waals surface area contributed by atoms with Gasteiger partial charge in [0.15, 0.2) is 5.69 Å². The molecule has 3 heterocycles. The van der Waals surface area contributed by atoms with E-state index in [0.717, 1.165) is 51.9 Å². The first-order chi connectivity index (χ1) is 8.84. The van der Waals surface area contributed by atoms with Crippen LogP contribution in [0.15, 0.2) is 6.20 Å². The fraction of sp³-hybridized carbons (Fsp3) is 0.750. The van der Waals surface area contributed by atoms with Crippen LogP contribution in [0.2, 0.25) is 0 Å². The number of carbonyl (C=O) groups excluding carboxylic acids is 1. The van der Waals surface area contributed by atoms with Crippen LogP contribution in [0.1, 0.15) is 42.2 Å². The number of aromatic nitrogens is 3. The Morgan fingerprint density at radius 1 is 1.33 bits per heavy atom. The smallest absolute Gasteiger partial charge is 0.276 e. The molecule has 0 spiro atoms. The van der Waals surface area contributed by atoms with Crippen molar-refractivity contribution in [2.45, 2.75) is 31.7 Å². The number of rotatable bonds is 2. The van der Waals surface area contributed by atoms with Crippen molar-refractivity contribution in [3.63, 3.8) is 0 Å². The highest BCUT2D eigenvalue weighted by Gasteiger charge is 2.23. The first-order valence-electron chi connectivity index (χ1n) is 6.76. The van der Waals surface area contributed by atoms with E-state index >= 15 is 0 Å². The van der Waals surface area contributed by atoms with Crippen molar-refractivity contribution in [1.29, 1.82) is 0 Å². The molecule has 6 nitrogen and oxygen atoms in total. The van der Waals surface area contributed by atoms with E-state index in [2.05, 4.69) is 15.6 Å². The second-order valence-corrected chi connectivity index (χ2v) is 5.08. The first-order valence-corrected chi connectivity index (χ1v) is 6.76. The van der Waals surface area contributed by atoms with Crippen LogP contribution in [0.5, 0.6) is 0 Å². The van der Waals surface area contributed by atoms with Crippen LogP contribution < -0.4 is 5.32 Å². The number of hydrogen-bond acceptors (Lipinski definition) is 4. The number of amides is 1. The lowest BCUT2D eigenvalue weighted by Crippen LogP contribution is -2.32. The predicted octanol–water partition coefficient (Wildman–Crippen LogP) is 0.439. The number of piperidine rings is 1. The van der Waals surface area contributed by atoms with Gasteiger partial charge in [0.1, 0.15) is 0 Å². The summed E-state index contributed by atoms with van der Waals surface area (Å²) < 4.78 is 1.84. The lowest BCUT2D eigenvalue weighted by atomic mass is 10.1. The Kier molecular flexibility index (Phi) is 3.27. The third kappa shape index (κ3) is 2.25. The van der Waals surface area contributed by atoms with Gasteiger partial charge in [-0.25, -0.2) is 4.68 Å². The highest BCUT2D eigenvalue weighted by molar-refractivity contribution is 5.92. The second kappa shape index (κ2) is 5.06. The van der Waals surface area contributed by atoms with Crippen LogP contribution in [0.3, 0.4) is 0 Å². The molecule has 2 saturated heterocycles. The SMILES string of the molecule is O=C(c1cn([C@@H]2CCCNC2)nn1)N1CCCC1. The monoisotopic (exact) mass is 249 g/mol. The van der Waals surface area contributed by atoms with E-state index in [9.17, 15) is 4.79 Å². The zero-order chi connectivity index (χ0) is 12.4. The van der Waals surface area contributed by atoms with Crippen molar-refractivity contribution in [1.82, 2.24) is 25.2 Å². The summed E-state index contributed by atoms with van der Waals surface area (Å²) >= 11 is 0. The largest absolute Gasteiger partial charge is 0.337 e. The molecule has 0 aliphatic carbocycles. The molecular formula is C12H19N5O. The topological polar surface area (TPSA) is 63.1 Å². The minimum absolute atomic E-state index is 0.0301. The quantitative estimate of drug-likeness (QED) is 0.826. The molecule has 6 heteroatoms. The van der Waals surface area contributed by atoms with Crippen molar-refractivity contribution in [3.8, 4) is 0 Å². The normalized spacial score (nSPS) is 24.4. The summed E-state index contributed by atoms with van der Waals surface area (Å²) in [6, 6.07) is 0.339.